The normalized spacial score (nSPS) is 13.5. The fourth-order valence-electron chi connectivity index (χ4n) is 2.73. The van der Waals surface area contributed by atoms with Crippen LogP contribution in [0.15, 0.2) is 47.4 Å². The van der Waals surface area contributed by atoms with E-state index in [1.807, 2.05) is 6.92 Å². The third-order valence-electron chi connectivity index (χ3n) is 4.52. The summed E-state index contributed by atoms with van der Waals surface area (Å²) < 4.78 is 32.8. The minimum absolute atomic E-state index is 0.0117. The van der Waals surface area contributed by atoms with Crippen LogP contribution in [0.2, 0.25) is 0 Å². The van der Waals surface area contributed by atoms with Crippen LogP contribution in [0.3, 0.4) is 0 Å². The molecule has 2 aromatic rings. The molecule has 1 fully saturated rings. The molecule has 3 rings (SSSR count). The third-order valence-corrected chi connectivity index (χ3v) is 6.04. The second-order valence-electron chi connectivity index (χ2n) is 7.09. The van der Waals surface area contributed by atoms with E-state index in [0.29, 0.717) is 23.5 Å². The number of hydrogen-bond donors (Lipinski definition) is 3. The first-order valence-corrected chi connectivity index (χ1v) is 11.2. The van der Waals surface area contributed by atoms with Crippen LogP contribution in [0.5, 0.6) is 5.75 Å². The summed E-state index contributed by atoms with van der Waals surface area (Å²) in [5, 5.41) is 5.39. The number of likely N-dealkylation sites (N-methyl/N-ethyl adjacent to an activating group) is 1. The Balaban J connectivity index is 1.66. The highest BCUT2D eigenvalue weighted by Gasteiger charge is 2.28. The summed E-state index contributed by atoms with van der Waals surface area (Å²) in [6.45, 7) is 4.02. The summed E-state index contributed by atoms with van der Waals surface area (Å²) >= 11 is 0. The third kappa shape index (κ3) is 5.80. The molecule has 2 amide bonds. The molecule has 3 N–H and O–H groups in total. The molecule has 0 saturated heterocycles. The van der Waals surface area contributed by atoms with Gasteiger partial charge in [0.1, 0.15) is 5.75 Å². The van der Waals surface area contributed by atoms with Gasteiger partial charge in [-0.1, -0.05) is 6.07 Å². The Kier molecular flexibility index (Phi) is 6.73. The summed E-state index contributed by atoms with van der Waals surface area (Å²) in [6.07, 6.45) is 1.67. The molecule has 0 aliphatic heterocycles. The van der Waals surface area contributed by atoms with Gasteiger partial charge in [0.25, 0.3) is 11.8 Å². The number of aryl methyl sites for hydroxylation is 1. The van der Waals surface area contributed by atoms with E-state index in [0.717, 1.165) is 12.8 Å². The molecule has 30 heavy (non-hydrogen) atoms. The van der Waals surface area contributed by atoms with Crippen molar-refractivity contribution in [2.24, 2.45) is 0 Å². The van der Waals surface area contributed by atoms with E-state index in [1.165, 1.54) is 12.1 Å². The Morgan fingerprint density at radius 2 is 1.80 bits per heavy atom. The van der Waals surface area contributed by atoms with Crippen LogP contribution in [0.4, 0.5) is 5.69 Å². The summed E-state index contributed by atoms with van der Waals surface area (Å²) in [5.74, 6) is -0.127. The molecule has 0 radical (unpaired) electrons. The van der Waals surface area contributed by atoms with Crippen molar-refractivity contribution < 1.29 is 22.7 Å². The summed E-state index contributed by atoms with van der Waals surface area (Å²) in [7, 11) is -3.65. The maximum atomic E-state index is 12.7. The van der Waals surface area contributed by atoms with Gasteiger partial charge in [0, 0.05) is 23.8 Å². The molecule has 8 nitrogen and oxygen atoms in total. The second-order valence-corrected chi connectivity index (χ2v) is 8.81. The molecule has 0 atom stereocenters. The van der Waals surface area contributed by atoms with Crippen LogP contribution in [0, 0.1) is 6.92 Å². The van der Waals surface area contributed by atoms with Crippen molar-refractivity contribution in [1.82, 2.24) is 10.0 Å². The van der Waals surface area contributed by atoms with E-state index in [1.54, 1.807) is 37.3 Å². The molecule has 1 aliphatic rings. The molecule has 0 unspecified atom stereocenters. The van der Waals surface area contributed by atoms with E-state index < -0.39 is 15.9 Å². The lowest BCUT2D eigenvalue weighted by Gasteiger charge is -2.11. The smallest absolute Gasteiger partial charge is 0.257 e. The number of anilines is 1. The highest BCUT2D eigenvalue weighted by atomic mass is 32.2. The average Bonchev–Trinajstić information content (AvgIpc) is 3.51. The fraction of sp³-hybridized carbons (Fsp3) is 0.333. The predicted molar refractivity (Wildman–Crippen MR) is 113 cm³/mol. The van der Waals surface area contributed by atoms with Crippen molar-refractivity contribution in [3.8, 4) is 5.75 Å². The Morgan fingerprint density at radius 3 is 2.43 bits per heavy atom. The van der Waals surface area contributed by atoms with Gasteiger partial charge in [0.05, 0.1) is 4.90 Å². The summed E-state index contributed by atoms with van der Waals surface area (Å²) in [5.41, 5.74) is 1.47. The number of sulfonamides is 1. The molecule has 0 heterocycles. The van der Waals surface area contributed by atoms with Crippen LogP contribution in [0.25, 0.3) is 0 Å². The lowest BCUT2D eigenvalue weighted by Crippen LogP contribution is -2.28. The van der Waals surface area contributed by atoms with Crippen molar-refractivity contribution in [2.45, 2.75) is 37.6 Å². The van der Waals surface area contributed by atoms with Gasteiger partial charge in [-0.25, -0.2) is 13.1 Å². The molecule has 1 saturated carbocycles. The SMILES string of the molecule is CCNC(=O)COc1ccc(NC(=O)c2cc(S(=O)(=O)NC3CC3)ccc2C)cc1. The second kappa shape index (κ2) is 9.27. The number of carbonyl (C=O) groups is 2. The largest absolute Gasteiger partial charge is 0.484 e. The first kappa shape index (κ1) is 21.8. The van der Waals surface area contributed by atoms with Crippen molar-refractivity contribution in [1.29, 1.82) is 0 Å². The molecule has 9 heteroatoms. The summed E-state index contributed by atoms with van der Waals surface area (Å²) in [4.78, 5) is 24.2. The first-order chi connectivity index (χ1) is 14.3. The van der Waals surface area contributed by atoms with Crippen molar-refractivity contribution >= 4 is 27.5 Å². The van der Waals surface area contributed by atoms with Gasteiger partial charge < -0.3 is 15.4 Å². The lowest BCUT2D eigenvalue weighted by atomic mass is 10.1. The number of amides is 2. The van der Waals surface area contributed by atoms with Crippen LogP contribution < -0.4 is 20.1 Å². The quantitative estimate of drug-likeness (QED) is 0.563. The fourth-order valence-corrected chi connectivity index (χ4v) is 4.06. The highest BCUT2D eigenvalue weighted by molar-refractivity contribution is 7.89. The highest BCUT2D eigenvalue weighted by Crippen LogP contribution is 2.24. The topological polar surface area (TPSA) is 114 Å². The zero-order valence-electron chi connectivity index (χ0n) is 16.9. The maximum absolute atomic E-state index is 12.7. The van der Waals surface area contributed by atoms with Crippen molar-refractivity contribution in [3.05, 3.63) is 53.6 Å². The number of carbonyl (C=O) groups excluding carboxylic acids is 2. The number of ether oxygens (including phenoxy) is 1. The Morgan fingerprint density at radius 1 is 1.10 bits per heavy atom. The summed E-state index contributed by atoms with van der Waals surface area (Å²) in [6, 6.07) is 11.1. The predicted octanol–water partition coefficient (Wildman–Crippen LogP) is 2.20. The average molecular weight is 432 g/mol. The van der Waals surface area contributed by atoms with Gasteiger partial charge in [-0.2, -0.15) is 0 Å². The van der Waals surface area contributed by atoms with E-state index in [-0.39, 0.29) is 29.0 Å². The van der Waals surface area contributed by atoms with E-state index >= 15 is 0 Å². The molecule has 0 aromatic heterocycles. The lowest BCUT2D eigenvalue weighted by molar-refractivity contribution is -0.122. The minimum atomic E-state index is -3.65. The number of nitrogens with one attached hydrogen (secondary N) is 3. The molecular weight excluding hydrogens is 406 g/mol. The van der Waals surface area contributed by atoms with Gasteiger partial charge >= 0.3 is 0 Å². The Bertz CT molecular complexity index is 1030. The van der Waals surface area contributed by atoms with Crippen molar-refractivity contribution in [2.75, 3.05) is 18.5 Å². The Labute approximate surface area is 176 Å². The van der Waals surface area contributed by atoms with Gasteiger partial charge in [-0.3, -0.25) is 9.59 Å². The van der Waals surface area contributed by atoms with Crippen LogP contribution in [0.1, 0.15) is 35.7 Å². The molecule has 1 aliphatic carbocycles. The van der Waals surface area contributed by atoms with E-state index in [2.05, 4.69) is 15.4 Å². The zero-order valence-corrected chi connectivity index (χ0v) is 17.7. The van der Waals surface area contributed by atoms with Crippen LogP contribution in [-0.4, -0.2) is 39.4 Å². The van der Waals surface area contributed by atoms with Gasteiger partial charge in [-0.05, 0) is 68.7 Å². The first-order valence-electron chi connectivity index (χ1n) is 9.72. The maximum Gasteiger partial charge on any atom is 0.257 e. The van der Waals surface area contributed by atoms with Crippen molar-refractivity contribution in [3.63, 3.8) is 0 Å². The molecule has 2 aromatic carbocycles. The number of rotatable bonds is 9. The zero-order chi connectivity index (χ0) is 21.7. The minimum Gasteiger partial charge on any atom is -0.484 e. The van der Waals surface area contributed by atoms with Crippen LogP contribution >= 0.6 is 0 Å². The number of hydrogen-bond acceptors (Lipinski definition) is 5. The van der Waals surface area contributed by atoms with Gasteiger partial charge in [0.15, 0.2) is 6.61 Å². The van der Waals surface area contributed by atoms with E-state index in [9.17, 15) is 18.0 Å². The number of benzene rings is 2. The molecule has 160 valence electrons. The standard InChI is InChI=1S/C21H25N3O5S/c1-3-22-20(25)13-29-17-9-7-15(8-10-17)23-21(26)19-12-18(11-4-14(19)2)30(27,28)24-16-5-6-16/h4,7-12,16,24H,3,5-6,13H2,1-2H3,(H,22,25)(H,23,26). The Hall–Kier alpha value is -2.91. The molecule has 0 bridgehead atoms. The molecular formula is C21H25N3O5S. The van der Waals surface area contributed by atoms with E-state index in [4.69, 9.17) is 4.74 Å². The monoisotopic (exact) mass is 431 g/mol. The van der Waals surface area contributed by atoms with Gasteiger partial charge in [-0.15, -0.1) is 0 Å². The van der Waals surface area contributed by atoms with Gasteiger partial charge in [0.2, 0.25) is 10.0 Å². The molecule has 0 spiro atoms. The van der Waals surface area contributed by atoms with Crippen LogP contribution in [-0.2, 0) is 14.8 Å².